The van der Waals surface area contributed by atoms with Gasteiger partial charge in [-0.1, -0.05) is 18.2 Å². The van der Waals surface area contributed by atoms with Crippen LogP contribution in [0.5, 0.6) is 0 Å². The highest BCUT2D eigenvalue weighted by atomic mass is 32.2. The van der Waals surface area contributed by atoms with E-state index in [9.17, 15) is 13.2 Å². The third kappa shape index (κ3) is 3.61. The standard InChI is InChI=1S/C16H23N3O3S2/c1-13-5-2-3-6-15(13)24(21,22)19-8-4-7-18(9-10-19)16(20)14-11-23-12-17-14/h2-3,5-6,14,17H,4,7-12H2,1H3. The lowest BCUT2D eigenvalue weighted by Gasteiger charge is -2.24. The number of benzene rings is 1. The lowest BCUT2D eigenvalue weighted by atomic mass is 10.2. The molecule has 1 N–H and O–H groups in total. The summed E-state index contributed by atoms with van der Waals surface area (Å²) < 4.78 is 27.3. The summed E-state index contributed by atoms with van der Waals surface area (Å²) in [5.74, 6) is 1.69. The fourth-order valence-corrected chi connectivity index (χ4v) is 5.74. The van der Waals surface area contributed by atoms with Crippen molar-refractivity contribution in [1.82, 2.24) is 14.5 Å². The molecule has 0 saturated carbocycles. The summed E-state index contributed by atoms with van der Waals surface area (Å²) in [7, 11) is -3.51. The lowest BCUT2D eigenvalue weighted by molar-refractivity contribution is -0.132. The van der Waals surface area contributed by atoms with Crippen molar-refractivity contribution in [3.05, 3.63) is 29.8 Å². The second-order valence-corrected chi connectivity index (χ2v) is 9.06. The molecule has 6 nitrogen and oxygen atoms in total. The molecule has 0 spiro atoms. The van der Waals surface area contributed by atoms with Crippen molar-refractivity contribution < 1.29 is 13.2 Å². The Kier molecular flexibility index (Phi) is 5.49. The first-order chi connectivity index (χ1) is 11.5. The van der Waals surface area contributed by atoms with E-state index in [4.69, 9.17) is 0 Å². The third-order valence-electron chi connectivity index (χ3n) is 4.49. The summed E-state index contributed by atoms with van der Waals surface area (Å²) in [6.07, 6.45) is 0.663. The first-order valence-corrected chi connectivity index (χ1v) is 10.8. The molecule has 2 fully saturated rings. The van der Waals surface area contributed by atoms with E-state index in [1.165, 1.54) is 4.31 Å². The molecule has 1 amide bonds. The Morgan fingerprint density at radius 2 is 2.00 bits per heavy atom. The summed E-state index contributed by atoms with van der Waals surface area (Å²) >= 11 is 1.72. The summed E-state index contributed by atoms with van der Waals surface area (Å²) in [5, 5.41) is 3.19. The van der Waals surface area contributed by atoms with E-state index in [1.807, 2.05) is 19.1 Å². The van der Waals surface area contributed by atoms with Crippen molar-refractivity contribution in [2.45, 2.75) is 24.3 Å². The number of carbonyl (C=O) groups excluding carboxylic acids is 1. The van der Waals surface area contributed by atoms with Gasteiger partial charge in [0.2, 0.25) is 15.9 Å². The highest BCUT2D eigenvalue weighted by molar-refractivity contribution is 7.99. The average molecular weight is 370 g/mol. The summed E-state index contributed by atoms with van der Waals surface area (Å²) in [6.45, 7) is 3.67. The number of carbonyl (C=O) groups is 1. The molecule has 1 aromatic rings. The van der Waals surface area contributed by atoms with Gasteiger partial charge in [0, 0.05) is 37.8 Å². The molecule has 0 aliphatic carbocycles. The molecular weight excluding hydrogens is 346 g/mol. The van der Waals surface area contributed by atoms with Gasteiger partial charge in [-0.3, -0.25) is 10.1 Å². The van der Waals surface area contributed by atoms with Crippen LogP contribution in [0.4, 0.5) is 0 Å². The highest BCUT2D eigenvalue weighted by Gasteiger charge is 2.32. The van der Waals surface area contributed by atoms with Crippen molar-refractivity contribution in [2.75, 3.05) is 37.8 Å². The van der Waals surface area contributed by atoms with Crippen LogP contribution in [0, 0.1) is 6.92 Å². The maximum Gasteiger partial charge on any atom is 0.243 e. The van der Waals surface area contributed by atoms with Crippen LogP contribution in [0.1, 0.15) is 12.0 Å². The number of sulfonamides is 1. The zero-order valence-corrected chi connectivity index (χ0v) is 15.4. The molecule has 1 aromatic carbocycles. The van der Waals surface area contributed by atoms with Crippen LogP contribution in [-0.4, -0.2) is 67.4 Å². The van der Waals surface area contributed by atoms with Gasteiger partial charge in [-0.25, -0.2) is 8.42 Å². The van der Waals surface area contributed by atoms with E-state index < -0.39 is 10.0 Å². The zero-order chi connectivity index (χ0) is 17.2. The predicted molar refractivity (Wildman–Crippen MR) is 95.4 cm³/mol. The molecule has 0 bridgehead atoms. The molecule has 2 heterocycles. The smallest absolute Gasteiger partial charge is 0.243 e. The molecular formula is C16H23N3O3S2. The van der Waals surface area contributed by atoms with Crippen LogP contribution in [0.3, 0.4) is 0 Å². The van der Waals surface area contributed by atoms with Gasteiger partial charge in [0.25, 0.3) is 0 Å². The van der Waals surface area contributed by atoms with Gasteiger partial charge in [-0.2, -0.15) is 4.31 Å². The fraction of sp³-hybridized carbons (Fsp3) is 0.562. The van der Waals surface area contributed by atoms with E-state index in [2.05, 4.69) is 5.32 Å². The monoisotopic (exact) mass is 369 g/mol. The maximum absolute atomic E-state index is 12.9. The first-order valence-electron chi connectivity index (χ1n) is 8.16. The lowest BCUT2D eigenvalue weighted by Crippen LogP contribution is -2.46. The van der Waals surface area contributed by atoms with Crippen LogP contribution in [0.2, 0.25) is 0 Å². The molecule has 0 aromatic heterocycles. The van der Waals surface area contributed by atoms with Crippen LogP contribution in [-0.2, 0) is 14.8 Å². The van der Waals surface area contributed by atoms with Crippen LogP contribution in [0.15, 0.2) is 29.2 Å². The Balaban J connectivity index is 1.71. The second kappa shape index (κ2) is 7.43. The van der Waals surface area contributed by atoms with Gasteiger partial charge in [-0.15, -0.1) is 11.8 Å². The van der Waals surface area contributed by atoms with Crippen molar-refractivity contribution in [1.29, 1.82) is 0 Å². The van der Waals surface area contributed by atoms with E-state index in [0.29, 0.717) is 37.5 Å². The molecule has 2 saturated heterocycles. The summed E-state index contributed by atoms with van der Waals surface area (Å²) in [6, 6.07) is 6.91. The molecule has 3 rings (SSSR count). The Morgan fingerprint density at radius 1 is 1.21 bits per heavy atom. The van der Waals surface area contributed by atoms with Crippen LogP contribution >= 0.6 is 11.8 Å². The zero-order valence-electron chi connectivity index (χ0n) is 13.8. The number of thioether (sulfide) groups is 1. The number of amides is 1. The van der Waals surface area contributed by atoms with E-state index >= 15 is 0 Å². The Labute approximate surface area is 147 Å². The molecule has 1 unspecified atom stereocenters. The fourth-order valence-electron chi connectivity index (χ4n) is 3.11. The average Bonchev–Trinajstić information content (AvgIpc) is 2.98. The number of nitrogens with one attached hydrogen (secondary N) is 1. The van der Waals surface area contributed by atoms with Gasteiger partial charge in [0.1, 0.15) is 0 Å². The third-order valence-corrected chi connectivity index (χ3v) is 7.49. The number of rotatable bonds is 3. The number of hydrogen-bond acceptors (Lipinski definition) is 5. The Morgan fingerprint density at radius 3 is 2.71 bits per heavy atom. The topological polar surface area (TPSA) is 69.7 Å². The van der Waals surface area contributed by atoms with Crippen molar-refractivity contribution in [3.63, 3.8) is 0 Å². The van der Waals surface area contributed by atoms with Gasteiger partial charge in [0.15, 0.2) is 0 Å². The minimum Gasteiger partial charge on any atom is -0.340 e. The highest BCUT2D eigenvalue weighted by Crippen LogP contribution is 2.21. The Bertz CT molecular complexity index is 702. The van der Waals surface area contributed by atoms with Gasteiger partial charge >= 0.3 is 0 Å². The summed E-state index contributed by atoms with van der Waals surface area (Å²) in [5.41, 5.74) is 0.752. The number of nitrogens with zero attached hydrogens (tertiary/aromatic N) is 2. The minimum atomic E-state index is -3.51. The van der Waals surface area contributed by atoms with E-state index in [0.717, 1.165) is 17.2 Å². The van der Waals surface area contributed by atoms with E-state index in [1.54, 1.807) is 28.8 Å². The summed E-state index contributed by atoms with van der Waals surface area (Å²) in [4.78, 5) is 14.7. The normalized spacial score (nSPS) is 23.2. The molecule has 2 aliphatic rings. The van der Waals surface area contributed by atoms with Crippen LogP contribution in [0.25, 0.3) is 0 Å². The Hall–Kier alpha value is -1.09. The molecule has 8 heteroatoms. The van der Waals surface area contributed by atoms with Crippen LogP contribution < -0.4 is 5.32 Å². The van der Waals surface area contributed by atoms with Crippen molar-refractivity contribution in [2.24, 2.45) is 0 Å². The maximum atomic E-state index is 12.9. The van der Waals surface area contributed by atoms with E-state index in [-0.39, 0.29) is 11.9 Å². The quantitative estimate of drug-likeness (QED) is 0.857. The van der Waals surface area contributed by atoms with Crippen molar-refractivity contribution in [3.8, 4) is 0 Å². The van der Waals surface area contributed by atoms with Gasteiger partial charge in [-0.05, 0) is 25.0 Å². The first kappa shape index (κ1) is 17.7. The predicted octanol–water partition coefficient (Wildman–Crippen LogP) is 0.881. The molecule has 2 aliphatic heterocycles. The SMILES string of the molecule is Cc1ccccc1S(=O)(=O)N1CCCN(C(=O)C2CSCN2)CC1. The second-order valence-electron chi connectivity index (χ2n) is 6.12. The number of hydrogen-bond donors (Lipinski definition) is 1. The van der Waals surface area contributed by atoms with Gasteiger partial charge in [0.05, 0.1) is 10.9 Å². The molecule has 24 heavy (non-hydrogen) atoms. The molecule has 0 radical (unpaired) electrons. The molecule has 1 atom stereocenters. The van der Waals surface area contributed by atoms with Crippen molar-refractivity contribution >= 4 is 27.7 Å². The van der Waals surface area contributed by atoms with Gasteiger partial charge < -0.3 is 4.90 Å². The largest absolute Gasteiger partial charge is 0.340 e. The minimum absolute atomic E-state index is 0.0927. The number of aryl methyl sites for hydroxylation is 1. The molecule has 132 valence electrons.